The van der Waals surface area contributed by atoms with E-state index in [4.69, 9.17) is 0 Å². The molecule has 90 valence electrons. The largest absolute Gasteiger partial charge is 2.00 e. The standard InChI is InChI=1S/C14H26.Pt/c1-2-6-10-13(9-5-1)14-11-7-3-4-8-12-14;/h13-14H,1-12H2;/q;+2. The van der Waals surface area contributed by atoms with Gasteiger partial charge < -0.3 is 0 Å². The molecule has 0 unspecified atom stereocenters. The minimum atomic E-state index is 0. The maximum absolute atomic E-state index is 1.56. The van der Waals surface area contributed by atoms with Gasteiger partial charge in [-0.2, -0.15) is 0 Å². The summed E-state index contributed by atoms with van der Waals surface area (Å²) in [7, 11) is 0. The van der Waals surface area contributed by atoms with Crippen molar-refractivity contribution in [2.24, 2.45) is 11.8 Å². The molecular weight excluding hydrogens is 363 g/mol. The first kappa shape index (κ1) is 13.8. The first-order chi connectivity index (χ1) is 6.97. The van der Waals surface area contributed by atoms with E-state index < -0.39 is 0 Å². The Bertz CT molecular complexity index is 121. The molecule has 0 amide bonds. The van der Waals surface area contributed by atoms with Crippen LogP contribution in [0.25, 0.3) is 0 Å². The summed E-state index contributed by atoms with van der Waals surface area (Å²) in [5.74, 6) is 2.24. The summed E-state index contributed by atoms with van der Waals surface area (Å²) >= 11 is 0. The van der Waals surface area contributed by atoms with E-state index in [2.05, 4.69) is 0 Å². The smallest absolute Gasteiger partial charge is 0.0533 e. The van der Waals surface area contributed by atoms with Crippen LogP contribution in [0, 0.1) is 11.8 Å². The van der Waals surface area contributed by atoms with E-state index in [1.165, 1.54) is 51.4 Å². The van der Waals surface area contributed by atoms with Gasteiger partial charge in [0.1, 0.15) is 0 Å². The first-order valence-corrected chi connectivity index (χ1v) is 6.97. The van der Waals surface area contributed by atoms with Crippen LogP contribution in [0.4, 0.5) is 0 Å². The fraction of sp³-hybridized carbons (Fsp3) is 1.00. The Balaban J connectivity index is 0.00000112. The zero-order chi connectivity index (χ0) is 9.64. The third-order valence-corrected chi connectivity index (χ3v) is 4.47. The van der Waals surface area contributed by atoms with Gasteiger partial charge in [0.25, 0.3) is 0 Å². The van der Waals surface area contributed by atoms with Gasteiger partial charge in [-0.3, -0.25) is 0 Å². The molecule has 2 rings (SSSR count). The third kappa shape index (κ3) is 4.59. The first-order valence-electron chi connectivity index (χ1n) is 6.97. The van der Waals surface area contributed by atoms with Crippen molar-refractivity contribution in [1.29, 1.82) is 0 Å². The fourth-order valence-electron chi connectivity index (χ4n) is 3.56. The monoisotopic (exact) mass is 389 g/mol. The van der Waals surface area contributed by atoms with Gasteiger partial charge in [-0.05, 0) is 11.8 Å². The van der Waals surface area contributed by atoms with Crippen LogP contribution < -0.4 is 0 Å². The zero-order valence-electron chi connectivity index (χ0n) is 9.96. The van der Waals surface area contributed by atoms with Gasteiger partial charge in [0.15, 0.2) is 0 Å². The van der Waals surface area contributed by atoms with Crippen LogP contribution in [0.15, 0.2) is 0 Å². The van der Waals surface area contributed by atoms with Crippen LogP contribution in [0.3, 0.4) is 0 Å². The maximum atomic E-state index is 1.56. The molecule has 0 N–H and O–H groups in total. The molecule has 0 atom stereocenters. The molecule has 1 heteroatoms. The molecule has 0 heterocycles. The molecule has 0 aromatic carbocycles. The van der Waals surface area contributed by atoms with Gasteiger partial charge in [0.05, 0.1) is 0 Å². The van der Waals surface area contributed by atoms with Crippen LogP contribution in [-0.4, -0.2) is 0 Å². The number of rotatable bonds is 1. The number of hydrogen-bond donors (Lipinski definition) is 0. The Hall–Kier alpha value is 0.688. The molecule has 0 aromatic heterocycles. The van der Waals surface area contributed by atoms with Crippen molar-refractivity contribution < 1.29 is 21.1 Å². The Morgan fingerprint density at radius 2 is 0.667 bits per heavy atom. The van der Waals surface area contributed by atoms with Crippen LogP contribution in [0.2, 0.25) is 0 Å². The van der Waals surface area contributed by atoms with Gasteiger partial charge in [0, 0.05) is 0 Å². The molecule has 0 saturated heterocycles. The molecule has 2 saturated carbocycles. The molecule has 0 aromatic rings. The Morgan fingerprint density at radius 1 is 0.400 bits per heavy atom. The topological polar surface area (TPSA) is 0 Å². The minimum absolute atomic E-state index is 0. The molecule has 0 nitrogen and oxygen atoms in total. The van der Waals surface area contributed by atoms with Gasteiger partial charge in [-0.15, -0.1) is 0 Å². The van der Waals surface area contributed by atoms with Crippen molar-refractivity contribution in [3.63, 3.8) is 0 Å². The van der Waals surface area contributed by atoms with Crippen molar-refractivity contribution in [3.05, 3.63) is 0 Å². The summed E-state index contributed by atoms with van der Waals surface area (Å²) < 4.78 is 0. The van der Waals surface area contributed by atoms with E-state index in [-0.39, 0.29) is 21.1 Å². The van der Waals surface area contributed by atoms with Crippen molar-refractivity contribution >= 4 is 0 Å². The zero-order valence-corrected chi connectivity index (χ0v) is 12.2. The molecule has 0 aliphatic heterocycles. The predicted molar refractivity (Wildman–Crippen MR) is 62.4 cm³/mol. The van der Waals surface area contributed by atoms with E-state index in [1.807, 2.05) is 0 Å². The van der Waals surface area contributed by atoms with Crippen molar-refractivity contribution in [2.45, 2.75) is 77.0 Å². The summed E-state index contributed by atoms with van der Waals surface area (Å²) in [5.41, 5.74) is 0. The second-order valence-electron chi connectivity index (χ2n) is 5.50. The maximum Gasteiger partial charge on any atom is 2.00 e. The van der Waals surface area contributed by atoms with E-state index in [1.54, 1.807) is 25.7 Å². The SMILES string of the molecule is C1CCCC(C2CCCCCC2)CC1.[Pt+2]. The summed E-state index contributed by atoms with van der Waals surface area (Å²) in [6.07, 6.45) is 18.4. The Labute approximate surface area is 110 Å². The van der Waals surface area contributed by atoms with Gasteiger partial charge in [-0.1, -0.05) is 77.0 Å². The van der Waals surface area contributed by atoms with E-state index in [0.29, 0.717) is 0 Å². The van der Waals surface area contributed by atoms with Crippen LogP contribution in [0.1, 0.15) is 77.0 Å². The van der Waals surface area contributed by atoms with Gasteiger partial charge >= 0.3 is 21.1 Å². The minimum Gasteiger partial charge on any atom is -0.0533 e. The molecule has 2 aliphatic carbocycles. The van der Waals surface area contributed by atoms with E-state index >= 15 is 0 Å². The molecule has 2 aliphatic rings. The Morgan fingerprint density at radius 3 is 0.933 bits per heavy atom. The fourth-order valence-corrected chi connectivity index (χ4v) is 3.56. The van der Waals surface area contributed by atoms with Crippen LogP contribution >= 0.6 is 0 Å². The molecule has 0 spiro atoms. The summed E-state index contributed by atoms with van der Waals surface area (Å²) in [4.78, 5) is 0. The van der Waals surface area contributed by atoms with Crippen molar-refractivity contribution in [1.82, 2.24) is 0 Å². The number of hydrogen-bond acceptors (Lipinski definition) is 0. The van der Waals surface area contributed by atoms with Crippen LogP contribution in [-0.2, 0) is 21.1 Å². The predicted octanol–water partition coefficient (Wildman–Crippen LogP) is 4.92. The summed E-state index contributed by atoms with van der Waals surface area (Å²) in [5, 5.41) is 0. The molecular formula is C14H26Pt+2. The average molecular weight is 389 g/mol. The Kier molecular flexibility index (Phi) is 7.22. The van der Waals surface area contributed by atoms with Crippen LogP contribution in [0.5, 0.6) is 0 Å². The van der Waals surface area contributed by atoms with Crippen molar-refractivity contribution in [2.75, 3.05) is 0 Å². The molecule has 0 radical (unpaired) electrons. The van der Waals surface area contributed by atoms with Gasteiger partial charge in [0.2, 0.25) is 0 Å². The van der Waals surface area contributed by atoms with Crippen molar-refractivity contribution in [3.8, 4) is 0 Å². The second kappa shape index (κ2) is 7.88. The third-order valence-electron chi connectivity index (χ3n) is 4.47. The molecule has 2 fully saturated rings. The normalized spacial score (nSPS) is 26.4. The molecule has 15 heavy (non-hydrogen) atoms. The second-order valence-corrected chi connectivity index (χ2v) is 5.50. The summed E-state index contributed by atoms with van der Waals surface area (Å²) in [6.45, 7) is 0. The van der Waals surface area contributed by atoms with Gasteiger partial charge in [-0.25, -0.2) is 0 Å². The van der Waals surface area contributed by atoms with E-state index in [9.17, 15) is 0 Å². The molecule has 0 bridgehead atoms. The average Bonchev–Trinajstić information content (AvgIpc) is 2.62. The summed E-state index contributed by atoms with van der Waals surface area (Å²) in [6, 6.07) is 0. The quantitative estimate of drug-likeness (QED) is 0.558. The van der Waals surface area contributed by atoms with E-state index in [0.717, 1.165) is 11.8 Å².